The molecule has 1 aliphatic heterocycles. The van der Waals surface area contributed by atoms with Gasteiger partial charge in [0, 0.05) is 6.42 Å². The molecule has 0 aromatic carbocycles. The molecule has 9 nitrogen and oxygen atoms in total. The lowest BCUT2D eigenvalue weighted by Gasteiger charge is -2.40. The summed E-state index contributed by atoms with van der Waals surface area (Å²) in [4.78, 5) is 13.1. The molecule has 1 rings (SSSR count). The molecule has 1 heterocycles. The molecule has 0 aromatic rings. The zero-order chi connectivity index (χ0) is 57.9. The Morgan fingerprint density at radius 3 is 1.15 bits per heavy atom. The third-order valence-corrected chi connectivity index (χ3v) is 15.5. The second kappa shape index (κ2) is 59.3. The fraction of sp³-hybridized carbons (Fsp3) is 0.761. The van der Waals surface area contributed by atoms with Crippen molar-refractivity contribution < 1.29 is 39.8 Å². The second-order valence-electron chi connectivity index (χ2n) is 22.9. The number of carbonyl (C=O) groups is 1. The summed E-state index contributed by atoms with van der Waals surface area (Å²) >= 11 is 0. The number of hydrogen-bond donors (Lipinski definition) is 6. The van der Waals surface area contributed by atoms with Crippen molar-refractivity contribution in [3.63, 3.8) is 0 Å². The van der Waals surface area contributed by atoms with Gasteiger partial charge in [0.25, 0.3) is 0 Å². The van der Waals surface area contributed by atoms with Crippen molar-refractivity contribution in [3.05, 3.63) is 97.2 Å². The molecule has 1 fully saturated rings. The van der Waals surface area contributed by atoms with Crippen molar-refractivity contribution in [2.75, 3.05) is 13.2 Å². The van der Waals surface area contributed by atoms with Crippen LogP contribution < -0.4 is 5.32 Å². The predicted octanol–water partition coefficient (Wildman–Crippen LogP) is 17.9. The van der Waals surface area contributed by atoms with Crippen molar-refractivity contribution in [1.82, 2.24) is 5.32 Å². The highest BCUT2D eigenvalue weighted by atomic mass is 16.7. The summed E-state index contributed by atoms with van der Waals surface area (Å²) in [6.45, 7) is 3.73. The number of ether oxygens (including phenoxy) is 2. The summed E-state index contributed by atoms with van der Waals surface area (Å²) in [5, 5.41) is 54.9. The SMILES string of the molecule is CC/C=C\C/C=C\C/C=C\C/C=C\C/C=C\C/C=C\C/C=C\C/C=C\CCCCCCC(=O)NC(COC1OC(CO)C(O)C(O)C1O)C(O)CCCCCCCCCCCCCCCCCCCCCCCCCCCCCC. The number of hydrogen-bond acceptors (Lipinski definition) is 8. The average Bonchev–Trinajstić information content (AvgIpc) is 3.46. The summed E-state index contributed by atoms with van der Waals surface area (Å²) in [7, 11) is 0. The van der Waals surface area contributed by atoms with E-state index in [2.05, 4.69) is 116 Å². The summed E-state index contributed by atoms with van der Waals surface area (Å²) in [5.41, 5.74) is 0. The van der Waals surface area contributed by atoms with Crippen molar-refractivity contribution >= 4 is 5.91 Å². The first kappa shape index (κ1) is 75.1. The molecular formula is C71H125NO8. The summed E-state index contributed by atoms with van der Waals surface area (Å²) < 4.78 is 11.3. The molecule has 1 aliphatic rings. The van der Waals surface area contributed by atoms with Crippen LogP contribution in [-0.2, 0) is 14.3 Å². The van der Waals surface area contributed by atoms with Gasteiger partial charge in [-0.3, -0.25) is 4.79 Å². The molecule has 0 saturated carbocycles. The Kier molecular flexibility index (Phi) is 55.7. The number of carbonyl (C=O) groups excluding carboxylic acids is 1. The highest BCUT2D eigenvalue weighted by molar-refractivity contribution is 5.76. The molecule has 0 spiro atoms. The van der Waals surface area contributed by atoms with E-state index in [9.17, 15) is 30.3 Å². The third-order valence-electron chi connectivity index (χ3n) is 15.5. The van der Waals surface area contributed by atoms with Gasteiger partial charge in [0.05, 0.1) is 25.4 Å². The highest BCUT2D eigenvalue weighted by Gasteiger charge is 2.44. The van der Waals surface area contributed by atoms with E-state index in [-0.39, 0.29) is 12.5 Å². The van der Waals surface area contributed by atoms with Crippen LogP contribution in [-0.4, -0.2) is 87.5 Å². The minimum atomic E-state index is -1.57. The van der Waals surface area contributed by atoms with Gasteiger partial charge >= 0.3 is 0 Å². The van der Waals surface area contributed by atoms with E-state index in [0.29, 0.717) is 12.8 Å². The van der Waals surface area contributed by atoms with Gasteiger partial charge in [-0.25, -0.2) is 0 Å². The van der Waals surface area contributed by atoms with Crippen LogP contribution in [0.25, 0.3) is 0 Å². The molecule has 9 heteroatoms. The molecule has 6 N–H and O–H groups in total. The lowest BCUT2D eigenvalue weighted by molar-refractivity contribution is -0.302. The second-order valence-corrected chi connectivity index (χ2v) is 22.9. The number of allylic oxidation sites excluding steroid dienone is 16. The number of unbranched alkanes of at least 4 members (excludes halogenated alkanes) is 31. The van der Waals surface area contributed by atoms with E-state index >= 15 is 0 Å². The lowest BCUT2D eigenvalue weighted by atomic mass is 9.99. The smallest absolute Gasteiger partial charge is 0.220 e. The predicted molar refractivity (Wildman–Crippen MR) is 341 cm³/mol. The number of aliphatic hydroxyl groups is 5. The summed E-state index contributed by atoms with van der Waals surface area (Å²) in [6.07, 6.45) is 78.8. The molecule has 7 atom stereocenters. The number of rotatable bonds is 57. The highest BCUT2D eigenvalue weighted by Crippen LogP contribution is 2.23. The van der Waals surface area contributed by atoms with Crippen molar-refractivity contribution in [2.24, 2.45) is 0 Å². The Morgan fingerprint density at radius 2 is 0.775 bits per heavy atom. The van der Waals surface area contributed by atoms with Crippen LogP contribution in [0, 0.1) is 0 Å². The molecule has 0 aliphatic carbocycles. The van der Waals surface area contributed by atoms with Crippen molar-refractivity contribution in [1.29, 1.82) is 0 Å². The zero-order valence-electron chi connectivity index (χ0n) is 51.6. The van der Waals surface area contributed by atoms with Crippen LogP contribution >= 0.6 is 0 Å². The molecular weight excluding hydrogens is 995 g/mol. The lowest BCUT2D eigenvalue weighted by Crippen LogP contribution is -2.60. The van der Waals surface area contributed by atoms with Crippen LogP contribution in [0.3, 0.4) is 0 Å². The first-order valence-electron chi connectivity index (χ1n) is 33.4. The number of aliphatic hydroxyl groups excluding tert-OH is 5. The molecule has 462 valence electrons. The van der Waals surface area contributed by atoms with Gasteiger partial charge in [0.15, 0.2) is 6.29 Å². The Morgan fingerprint density at radius 1 is 0.438 bits per heavy atom. The minimum absolute atomic E-state index is 0.154. The van der Waals surface area contributed by atoms with E-state index in [1.807, 2.05) is 0 Å². The largest absolute Gasteiger partial charge is 0.394 e. The summed E-state index contributed by atoms with van der Waals surface area (Å²) in [5.74, 6) is -0.169. The van der Waals surface area contributed by atoms with Gasteiger partial charge in [-0.05, 0) is 77.0 Å². The Balaban J connectivity index is 2.19. The first-order valence-corrected chi connectivity index (χ1v) is 33.4. The van der Waals surface area contributed by atoms with E-state index in [4.69, 9.17) is 9.47 Å². The zero-order valence-corrected chi connectivity index (χ0v) is 51.6. The number of amides is 1. The average molecular weight is 1120 g/mol. The molecule has 1 amide bonds. The maximum Gasteiger partial charge on any atom is 0.220 e. The van der Waals surface area contributed by atoms with Gasteiger partial charge in [-0.1, -0.05) is 304 Å². The monoisotopic (exact) mass is 1120 g/mol. The van der Waals surface area contributed by atoms with Crippen LogP contribution in [0.1, 0.15) is 290 Å². The normalized spacial score (nSPS) is 19.1. The van der Waals surface area contributed by atoms with E-state index in [0.717, 1.165) is 103 Å². The molecule has 7 unspecified atom stereocenters. The quantitative estimate of drug-likeness (QED) is 0.0261. The minimum Gasteiger partial charge on any atom is -0.394 e. The van der Waals surface area contributed by atoms with Crippen LogP contribution in [0.15, 0.2) is 97.2 Å². The maximum absolute atomic E-state index is 13.1. The Hall–Kier alpha value is -2.89. The fourth-order valence-corrected chi connectivity index (χ4v) is 10.2. The standard InChI is InChI=1S/C71H125NO8/c1-3-5-7-9-11-13-15-17-19-21-23-25-27-29-31-33-35-37-39-41-43-45-47-49-51-53-55-57-59-61-67(75)72-64(63-79-71-70(78)69(77)68(76)66(62-73)80-71)65(74)60-58-56-54-52-50-48-46-44-42-40-38-36-34-32-30-28-26-24-22-20-18-16-14-12-10-8-6-4-2/h5,7,11,13,17,19,23,25,29,31,35,37,41,43,47,49,64-66,68-71,73-74,76-78H,3-4,6,8-10,12,14-16,18,20-22,24,26-28,30,32-34,36,38-40,42,44-46,48,50-63H2,1-2H3,(H,72,75)/b7-5-,13-11-,19-17-,25-23-,31-29-,37-35-,43-41-,49-47-. The van der Waals surface area contributed by atoms with Crippen molar-refractivity contribution in [3.8, 4) is 0 Å². The van der Waals surface area contributed by atoms with E-state index in [1.165, 1.54) is 161 Å². The first-order chi connectivity index (χ1) is 39.3. The van der Waals surface area contributed by atoms with Gasteiger partial charge in [0.2, 0.25) is 5.91 Å². The Labute approximate surface area is 492 Å². The van der Waals surface area contributed by atoms with Crippen LogP contribution in [0.2, 0.25) is 0 Å². The molecule has 0 radical (unpaired) electrons. The number of nitrogens with one attached hydrogen (secondary N) is 1. The van der Waals surface area contributed by atoms with Gasteiger partial charge in [-0.15, -0.1) is 0 Å². The maximum atomic E-state index is 13.1. The molecule has 0 bridgehead atoms. The fourth-order valence-electron chi connectivity index (χ4n) is 10.2. The topological polar surface area (TPSA) is 149 Å². The molecule has 1 saturated heterocycles. The van der Waals surface area contributed by atoms with Crippen LogP contribution in [0.4, 0.5) is 0 Å². The summed E-state index contributed by atoms with van der Waals surface area (Å²) in [6, 6.07) is -0.742. The molecule has 0 aromatic heterocycles. The van der Waals surface area contributed by atoms with Gasteiger partial charge in [-0.2, -0.15) is 0 Å². The molecule has 80 heavy (non-hydrogen) atoms. The van der Waals surface area contributed by atoms with Crippen molar-refractivity contribution in [2.45, 2.75) is 333 Å². The Bertz CT molecular complexity index is 1580. The van der Waals surface area contributed by atoms with E-state index in [1.54, 1.807) is 0 Å². The van der Waals surface area contributed by atoms with Gasteiger partial charge < -0.3 is 40.3 Å². The van der Waals surface area contributed by atoms with E-state index < -0.39 is 49.5 Å². The van der Waals surface area contributed by atoms with Gasteiger partial charge in [0.1, 0.15) is 24.4 Å². The third kappa shape index (κ3) is 47.6. The van der Waals surface area contributed by atoms with Crippen LogP contribution in [0.5, 0.6) is 0 Å².